The Hall–Kier alpha value is -1.99. The molecule has 27 heavy (non-hydrogen) atoms. The van der Waals surface area contributed by atoms with Gasteiger partial charge in [0.05, 0.1) is 18.6 Å². The maximum absolute atomic E-state index is 14.0. The van der Waals surface area contributed by atoms with E-state index in [2.05, 4.69) is 25.1 Å². The summed E-state index contributed by atoms with van der Waals surface area (Å²) in [7, 11) is 0. The summed E-state index contributed by atoms with van der Waals surface area (Å²) >= 11 is 0. The number of hydrogen-bond acceptors (Lipinski definition) is 4. The van der Waals surface area contributed by atoms with Crippen LogP contribution in [0, 0.1) is 12.7 Å². The number of rotatable bonds is 4. The number of nitrogens with one attached hydrogen (secondary N) is 2. The van der Waals surface area contributed by atoms with Crippen molar-refractivity contribution in [1.82, 2.24) is 25.1 Å². The Labute approximate surface area is 159 Å². The quantitative estimate of drug-likeness (QED) is 0.862. The molecule has 0 radical (unpaired) electrons. The molecular weight excluding hydrogens is 345 g/mol. The van der Waals surface area contributed by atoms with Crippen molar-refractivity contribution < 1.29 is 9.18 Å². The minimum absolute atomic E-state index is 0.0916. The van der Waals surface area contributed by atoms with Gasteiger partial charge in [0.25, 0.3) is 0 Å². The van der Waals surface area contributed by atoms with Crippen molar-refractivity contribution in [2.45, 2.75) is 58.3 Å². The van der Waals surface area contributed by atoms with Crippen LogP contribution in [0.2, 0.25) is 0 Å². The van der Waals surface area contributed by atoms with Gasteiger partial charge in [-0.25, -0.2) is 9.37 Å². The van der Waals surface area contributed by atoms with E-state index in [-0.39, 0.29) is 17.3 Å². The molecule has 0 spiro atoms. The lowest BCUT2D eigenvalue weighted by Gasteiger charge is -2.56. The van der Waals surface area contributed by atoms with Gasteiger partial charge >= 0.3 is 0 Å². The number of aryl methyl sites for hydroxylation is 1. The van der Waals surface area contributed by atoms with Crippen LogP contribution in [-0.4, -0.2) is 62.9 Å². The number of fused-ring (bicyclic) bond motifs is 3. The highest BCUT2D eigenvalue weighted by atomic mass is 19.1. The number of nitrogens with zero attached hydrogens (tertiary/aromatic N) is 3. The summed E-state index contributed by atoms with van der Waals surface area (Å²) in [6.45, 7) is 10.9. The van der Waals surface area contributed by atoms with E-state index in [9.17, 15) is 9.18 Å². The molecule has 1 aromatic carbocycles. The molecule has 3 fully saturated rings. The summed E-state index contributed by atoms with van der Waals surface area (Å²) in [4.78, 5) is 24.6. The van der Waals surface area contributed by atoms with Gasteiger partial charge in [0, 0.05) is 30.7 Å². The molecule has 6 nitrogen and oxygen atoms in total. The summed E-state index contributed by atoms with van der Waals surface area (Å²) in [5, 5.41) is 3.04. The Morgan fingerprint density at radius 2 is 2.04 bits per heavy atom. The van der Waals surface area contributed by atoms with E-state index in [1.807, 2.05) is 27.7 Å². The van der Waals surface area contributed by atoms with E-state index < -0.39 is 0 Å². The van der Waals surface area contributed by atoms with Gasteiger partial charge in [0.15, 0.2) is 0 Å². The van der Waals surface area contributed by atoms with Gasteiger partial charge in [-0.3, -0.25) is 14.6 Å². The maximum Gasteiger partial charge on any atom is 0.234 e. The molecule has 2 N–H and O–H groups in total. The molecule has 5 rings (SSSR count). The predicted molar refractivity (Wildman–Crippen MR) is 103 cm³/mol. The van der Waals surface area contributed by atoms with Crippen LogP contribution in [0.3, 0.4) is 0 Å². The minimum Gasteiger partial charge on any atom is -0.350 e. The highest BCUT2D eigenvalue weighted by molar-refractivity contribution is 5.79. The first-order chi connectivity index (χ1) is 12.7. The second-order valence-electron chi connectivity index (χ2n) is 8.98. The zero-order valence-electron chi connectivity index (χ0n) is 16.5. The minimum atomic E-state index is -0.258. The van der Waals surface area contributed by atoms with Crippen molar-refractivity contribution in [3.05, 3.63) is 29.3 Å². The van der Waals surface area contributed by atoms with Gasteiger partial charge in [-0.1, -0.05) is 6.07 Å². The number of carbonyl (C=O) groups is 1. The first-order valence-corrected chi connectivity index (χ1v) is 9.62. The zero-order valence-corrected chi connectivity index (χ0v) is 16.5. The lowest BCUT2D eigenvalue weighted by molar-refractivity contribution is -0.132. The number of imidazole rings is 1. The average molecular weight is 373 g/mol. The van der Waals surface area contributed by atoms with Crippen molar-refractivity contribution >= 4 is 16.9 Å². The van der Waals surface area contributed by atoms with E-state index in [0.717, 1.165) is 30.9 Å². The lowest BCUT2D eigenvalue weighted by Crippen LogP contribution is -2.69. The van der Waals surface area contributed by atoms with E-state index in [0.29, 0.717) is 36.2 Å². The SMILES string of the molecule is Cc1ccc(F)c2[nH]c(CN3CC4CC(C3)N4CC(=O)NC(C)(C)C)nc12. The fraction of sp³-hybridized carbons (Fsp3) is 0.600. The smallest absolute Gasteiger partial charge is 0.234 e. The largest absolute Gasteiger partial charge is 0.350 e. The molecule has 3 saturated heterocycles. The van der Waals surface area contributed by atoms with Crippen molar-refractivity contribution in [1.29, 1.82) is 0 Å². The third-order valence-electron chi connectivity index (χ3n) is 5.48. The van der Waals surface area contributed by atoms with Crippen molar-refractivity contribution in [3.8, 4) is 0 Å². The molecule has 4 heterocycles. The van der Waals surface area contributed by atoms with Gasteiger partial charge < -0.3 is 10.3 Å². The van der Waals surface area contributed by atoms with Crippen LogP contribution >= 0.6 is 0 Å². The van der Waals surface area contributed by atoms with Gasteiger partial charge in [0.1, 0.15) is 17.2 Å². The first-order valence-electron chi connectivity index (χ1n) is 9.62. The van der Waals surface area contributed by atoms with Gasteiger partial charge in [0.2, 0.25) is 5.91 Å². The van der Waals surface area contributed by atoms with Crippen LogP contribution in [0.1, 0.15) is 38.6 Å². The molecule has 3 aliphatic heterocycles. The summed E-state index contributed by atoms with van der Waals surface area (Å²) in [5.41, 5.74) is 1.99. The molecule has 146 valence electrons. The van der Waals surface area contributed by atoms with Crippen LogP contribution in [-0.2, 0) is 11.3 Å². The Morgan fingerprint density at radius 3 is 2.67 bits per heavy atom. The number of carbonyl (C=O) groups excluding carboxylic acids is 1. The van der Waals surface area contributed by atoms with Crippen molar-refractivity contribution in [2.75, 3.05) is 19.6 Å². The number of amides is 1. The molecule has 0 aliphatic carbocycles. The standard InChI is InChI=1S/C20H28FN5O/c1-12-5-6-15(21)19-18(12)22-16(23-19)10-25-8-13-7-14(9-25)26(13)11-17(27)24-20(2,3)4/h5-6,13-14H,7-11H2,1-4H3,(H,22,23)(H,24,27). The molecule has 0 saturated carbocycles. The Bertz CT molecular complexity index is 820. The second kappa shape index (κ2) is 6.56. The van der Waals surface area contributed by atoms with Crippen LogP contribution in [0.4, 0.5) is 4.39 Å². The highest BCUT2D eigenvalue weighted by Gasteiger charge is 2.45. The number of aromatic nitrogens is 2. The summed E-state index contributed by atoms with van der Waals surface area (Å²) in [5.74, 6) is 0.636. The van der Waals surface area contributed by atoms with Crippen LogP contribution in [0.15, 0.2) is 12.1 Å². The summed E-state index contributed by atoms with van der Waals surface area (Å²) < 4.78 is 14.0. The number of aromatic amines is 1. The molecule has 1 aromatic heterocycles. The third kappa shape index (κ3) is 3.71. The van der Waals surface area contributed by atoms with Gasteiger partial charge in [-0.05, 0) is 45.7 Å². The molecule has 3 aliphatic rings. The summed E-state index contributed by atoms with van der Waals surface area (Å²) in [6, 6.07) is 4.07. The monoisotopic (exact) mass is 373 g/mol. The van der Waals surface area contributed by atoms with E-state index >= 15 is 0 Å². The maximum atomic E-state index is 14.0. The van der Waals surface area contributed by atoms with E-state index in [4.69, 9.17) is 0 Å². The predicted octanol–water partition coefficient (Wildman–Crippen LogP) is 2.18. The molecular formula is C20H28FN5O. The topological polar surface area (TPSA) is 64.3 Å². The number of halogens is 1. The highest BCUT2D eigenvalue weighted by Crippen LogP contribution is 2.32. The third-order valence-corrected chi connectivity index (χ3v) is 5.48. The van der Waals surface area contributed by atoms with Gasteiger partial charge in [-0.15, -0.1) is 0 Å². The number of H-pyrrole nitrogens is 1. The number of piperidine rings is 1. The molecule has 7 heteroatoms. The lowest BCUT2D eigenvalue weighted by atomic mass is 9.87. The number of benzene rings is 1. The molecule has 2 bridgehead atoms. The van der Waals surface area contributed by atoms with Crippen LogP contribution in [0.5, 0.6) is 0 Å². The van der Waals surface area contributed by atoms with Crippen molar-refractivity contribution in [3.63, 3.8) is 0 Å². The number of hydrogen-bond donors (Lipinski definition) is 2. The van der Waals surface area contributed by atoms with E-state index in [1.165, 1.54) is 6.07 Å². The average Bonchev–Trinajstić information content (AvgIpc) is 3.00. The molecule has 2 atom stereocenters. The second-order valence-corrected chi connectivity index (χ2v) is 8.98. The molecule has 1 amide bonds. The Kier molecular flexibility index (Phi) is 4.47. The fourth-order valence-corrected chi connectivity index (χ4v) is 4.31. The van der Waals surface area contributed by atoms with Gasteiger partial charge in [-0.2, -0.15) is 0 Å². The summed E-state index contributed by atoms with van der Waals surface area (Å²) in [6.07, 6.45) is 1.15. The first kappa shape index (κ1) is 18.4. The van der Waals surface area contributed by atoms with E-state index in [1.54, 1.807) is 6.07 Å². The molecule has 2 unspecified atom stereocenters. The normalized spacial score (nSPS) is 23.4. The number of piperazine rings is 1. The Balaban J connectivity index is 1.37. The van der Waals surface area contributed by atoms with Crippen LogP contribution in [0.25, 0.3) is 11.0 Å². The van der Waals surface area contributed by atoms with Crippen LogP contribution < -0.4 is 5.32 Å². The Morgan fingerprint density at radius 1 is 1.33 bits per heavy atom. The van der Waals surface area contributed by atoms with Crippen molar-refractivity contribution in [2.24, 2.45) is 0 Å². The zero-order chi connectivity index (χ0) is 19.3. The molecule has 2 aromatic rings. The fourth-order valence-electron chi connectivity index (χ4n) is 4.31.